The molecule has 1 saturated heterocycles. The van der Waals surface area contributed by atoms with Crippen LogP contribution >= 0.6 is 0 Å². The van der Waals surface area contributed by atoms with Gasteiger partial charge in [0.2, 0.25) is 5.91 Å². The molecule has 31 heavy (non-hydrogen) atoms. The number of carbonyl (C=O) groups excluding carboxylic acids is 4. The van der Waals surface area contributed by atoms with Crippen molar-refractivity contribution in [3.05, 3.63) is 65.9 Å². The lowest BCUT2D eigenvalue weighted by atomic mass is 10.1. The Labute approximate surface area is 177 Å². The van der Waals surface area contributed by atoms with Gasteiger partial charge in [-0.25, -0.2) is 9.59 Å². The molecule has 9 nitrogen and oxygen atoms in total. The molecule has 158 valence electrons. The molecule has 1 aliphatic heterocycles. The van der Waals surface area contributed by atoms with Crippen LogP contribution < -0.4 is 10.6 Å². The molecule has 9 heteroatoms. The van der Waals surface area contributed by atoms with Crippen LogP contribution in [0.3, 0.4) is 0 Å². The number of methoxy groups -OCH3 is 1. The van der Waals surface area contributed by atoms with Gasteiger partial charge in [-0.3, -0.25) is 14.5 Å². The van der Waals surface area contributed by atoms with E-state index in [1.807, 2.05) is 30.5 Å². The first-order valence-electron chi connectivity index (χ1n) is 9.61. The minimum absolute atomic E-state index is 0.321. The Morgan fingerprint density at radius 1 is 1.10 bits per heavy atom. The number of rotatable bonds is 6. The molecule has 1 aliphatic rings. The molecule has 0 spiro atoms. The summed E-state index contributed by atoms with van der Waals surface area (Å²) in [6.45, 7) is -0.409. The van der Waals surface area contributed by atoms with E-state index in [4.69, 9.17) is 0 Å². The van der Waals surface area contributed by atoms with Gasteiger partial charge >= 0.3 is 12.0 Å². The zero-order valence-electron chi connectivity index (χ0n) is 16.7. The maximum Gasteiger partial charge on any atom is 0.337 e. The number of fused-ring (bicyclic) bond motifs is 1. The lowest BCUT2D eigenvalue weighted by Gasteiger charge is -2.13. The van der Waals surface area contributed by atoms with Gasteiger partial charge in [0.05, 0.1) is 12.7 Å². The summed E-state index contributed by atoms with van der Waals surface area (Å²) in [7, 11) is 1.28. The Balaban J connectivity index is 1.38. The standard InChI is InChI=1S/C22H20N4O5/c1-31-21(29)13-6-8-15(9-7-13)24-19(27)12-26-20(28)18(25-22(26)30)10-14-11-23-17-5-3-2-4-16(14)17/h2-9,11,18,23H,10,12H2,1H3,(H,24,27)(H,25,30)/t18-/m1/s1. The van der Waals surface area contributed by atoms with Crippen molar-refractivity contribution in [2.45, 2.75) is 12.5 Å². The number of hydrogen-bond acceptors (Lipinski definition) is 5. The summed E-state index contributed by atoms with van der Waals surface area (Å²) >= 11 is 0. The van der Waals surface area contributed by atoms with Gasteiger partial charge in [0, 0.05) is 29.2 Å². The van der Waals surface area contributed by atoms with Gasteiger partial charge in [0.25, 0.3) is 5.91 Å². The van der Waals surface area contributed by atoms with E-state index >= 15 is 0 Å². The second-order valence-corrected chi connectivity index (χ2v) is 7.11. The Bertz CT molecular complexity index is 1170. The molecule has 0 saturated carbocycles. The van der Waals surface area contributed by atoms with E-state index in [1.165, 1.54) is 31.4 Å². The molecule has 0 radical (unpaired) electrons. The average Bonchev–Trinajstić information content (AvgIpc) is 3.30. The predicted octanol–water partition coefficient (Wildman–Crippen LogP) is 2.06. The summed E-state index contributed by atoms with van der Waals surface area (Å²) in [6, 6.07) is 12.4. The molecule has 0 aliphatic carbocycles. The van der Waals surface area contributed by atoms with E-state index in [0.29, 0.717) is 17.7 Å². The van der Waals surface area contributed by atoms with Crippen molar-refractivity contribution in [1.82, 2.24) is 15.2 Å². The summed E-state index contributed by atoms with van der Waals surface area (Å²) in [6.07, 6.45) is 2.14. The molecule has 1 aromatic heterocycles. The number of carbonyl (C=O) groups is 4. The second kappa shape index (κ2) is 8.31. The highest BCUT2D eigenvalue weighted by Gasteiger charge is 2.39. The number of amides is 4. The fourth-order valence-electron chi connectivity index (χ4n) is 3.54. The number of benzene rings is 2. The van der Waals surface area contributed by atoms with Crippen LogP contribution in [0.4, 0.5) is 10.5 Å². The van der Waals surface area contributed by atoms with Crippen molar-refractivity contribution in [1.29, 1.82) is 0 Å². The summed E-state index contributed by atoms with van der Waals surface area (Å²) in [5.74, 6) is -1.47. The summed E-state index contributed by atoms with van der Waals surface area (Å²) in [4.78, 5) is 52.9. The van der Waals surface area contributed by atoms with E-state index < -0.39 is 36.4 Å². The molecule has 0 unspecified atom stereocenters. The molecular formula is C22H20N4O5. The van der Waals surface area contributed by atoms with E-state index in [0.717, 1.165) is 21.4 Å². The van der Waals surface area contributed by atoms with Gasteiger partial charge in [-0.2, -0.15) is 0 Å². The SMILES string of the molecule is COC(=O)c1ccc(NC(=O)CN2C(=O)N[C@H](Cc3c[nH]c4ccccc34)C2=O)cc1. The molecule has 2 heterocycles. The third-order valence-corrected chi connectivity index (χ3v) is 5.10. The van der Waals surface area contributed by atoms with Gasteiger partial charge in [0.1, 0.15) is 12.6 Å². The number of anilines is 1. The Morgan fingerprint density at radius 2 is 1.84 bits per heavy atom. The maximum absolute atomic E-state index is 12.7. The molecule has 2 aromatic carbocycles. The van der Waals surface area contributed by atoms with Crippen LogP contribution in [0.5, 0.6) is 0 Å². The molecule has 0 bridgehead atoms. The number of aromatic nitrogens is 1. The van der Waals surface area contributed by atoms with Crippen molar-refractivity contribution in [2.75, 3.05) is 19.0 Å². The first-order valence-corrected chi connectivity index (χ1v) is 9.61. The van der Waals surface area contributed by atoms with Crippen LogP contribution in [-0.2, 0) is 20.7 Å². The average molecular weight is 420 g/mol. The van der Waals surface area contributed by atoms with Crippen molar-refractivity contribution in [3.8, 4) is 0 Å². The first kappa shape index (κ1) is 20.1. The van der Waals surface area contributed by atoms with Crippen molar-refractivity contribution < 1.29 is 23.9 Å². The fourth-order valence-corrected chi connectivity index (χ4v) is 3.54. The predicted molar refractivity (Wildman–Crippen MR) is 112 cm³/mol. The molecule has 1 atom stereocenters. The number of aromatic amines is 1. The maximum atomic E-state index is 12.7. The molecule has 3 aromatic rings. The van der Waals surface area contributed by atoms with E-state index in [2.05, 4.69) is 20.4 Å². The van der Waals surface area contributed by atoms with Crippen LogP contribution in [0.15, 0.2) is 54.7 Å². The number of esters is 1. The number of urea groups is 1. The molecule has 4 amide bonds. The molecule has 4 rings (SSSR count). The highest BCUT2D eigenvalue weighted by Crippen LogP contribution is 2.21. The molecule has 3 N–H and O–H groups in total. The Hall–Kier alpha value is -4.14. The number of ether oxygens (including phenoxy) is 1. The third-order valence-electron chi connectivity index (χ3n) is 5.10. The second-order valence-electron chi connectivity index (χ2n) is 7.11. The lowest BCUT2D eigenvalue weighted by Crippen LogP contribution is -2.38. The van der Waals surface area contributed by atoms with E-state index in [9.17, 15) is 19.2 Å². The van der Waals surface area contributed by atoms with Gasteiger partial charge < -0.3 is 20.4 Å². The van der Waals surface area contributed by atoms with Gasteiger partial charge in [-0.15, -0.1) is 0 Å². The number of nitrogens with zero attached hydrogens (tertiary/aromatic N) is 1. The monoisotopic (exact) mass is 420 g/mol. The van der Waals surface area contributed by atoms with Crippen LogP contribution in [0.2, 0.25) is 0 Å². The summed E-state index contributed by atoms with van der Waals surface area (Å²) in [5.41, 5.74) is 2.63. The highest BCUT2D eigenvalue weighted by atomic mass is 16.5. The van der Waals surface area contributed by atoms with Crippen LogP contribution in [-0.4, -0.2) is 53.4 Å². The van der Waals surface area contributed by atoms with Gasteiger partial charge in [0.15, 0.2) is 0 Å². The number of H-pyrrole nitrogens is 1. The first-order chi connectivity index (χ1) is 15.0. The van der Waals surface area contributed by atoms with Crippen LogP contribution in [0.1, 0.15) is 15.9 Å². The van der Waals surface area contributed by atoms with E-state index in [1.54, 1.807) is 0 Å². The van der Waals surface area contributed by atoms with Gasteiger partial charge in [-0.1, -0.05) is 18.2 Å². The molecular weight excluding hydrogens is 400 g/mol. The third kappa shape index (κ3) is 4.11. The van der Waals surface area contributed by atoms with Crippen molar-refractivity contribution in [2.24, 2.45) is 0 Å². The van der Waals surface area contributed by atoms with Crippen molar-refractivity contribution >= 4 is 40.4 Å². The topological polar surface area (TPSA) is 121 Å². The fraction of sp³-hybridized carbons (Fsp3) is 0.182. The largest absolute Gasteiger partial charge is 0.465 e. The number of nitrogens with one attached hydrogen (secondary N) is 3. The normalized spacial score (nSPS) is 15.8. The minimum Gasteiger partial charge on any atom is -0.465 e. The number of hydrogen-bond donors (Lipinski definition) is 3. The van der Waals surface area contributed by atoms with E-state index in [-0.39, 0.29) is 0 Å². The van der Waals surface area contributed by atoms with Crippen LogP contribution in [0.25, 0.3) is 10.9 Å². The molecule has 1 fully saturated rings. The van der Waals surface area contributed by atoms with Gasteiger partial charge in [-0.05, 0) is 35.9 Å². The Kier molecular flexibility index (Phi) is 5.40. The smallest absolute Gasteiger partial charge is 0.337 e. The summed E-state index contributed by atoms with van der Waals surface area (Å²) in [5, 5.41) is 6.24. The van der Waals surface area contributed by atoms with Crippen molar-refractivity contribution in [3.63, 3.8) is 0 Å². The minimum atomic E-state index is -0.737. The van der Waals surface area contributed by atoms with Crippen LogP contribution in [0, 0.1) is 0 Å². The zero-order valence-corrected chi connectivity index (χ0v) is 16.7. The summed E-state index contributed by atoms with van der Waals surface area (Å²) < 4.78 is 4.62. The Morgan fingerprint density at radius 3 is 2.58 bits per heavy atom. The quantitative estimate of drug-likeness (QED) is 0.416. The number of imide groups is 1. The number of para-hydroxylation sites is 1. The lowest BCUT2D eigenvalue weighted by molar-refractivity contribution is -0.130. The highest BCUT2D eigenvalue weighted by molar-refractivity contribution is 6.08. The zero-order chi connectivity index (χ0) is 22.0.